The van der Waals surface area contributed by atoms with Gasteiger partial charge in [-0.15, -0.1) is 0 Å². The maximum atomic E-state index is 11.7. The van der Waals surface area contributed by atoms with Crippen LogP contribution in [0.1, 0.15) is 26.7 Å². The van der Waals surface area contributed by atoms with Gasteiger partial charge in [-0.1, -0.05) is 13.8 Å². The Labute approximate surface area is 121 Å². The summed E-state index contributed by atoms with van der Waals surface area (Å²) in [4.78, 5) is 11.7. The van der Waals surface area contributed by atoms with Crippen molar-refractivity contribution in [2.24, 2.45) is 11.8 Å². The van der Waals surface area contributed by atoms with Crippen molar-refractivity contribution in [3.05, 3.63) is 0 Å². The van der Waals surface area contributed by atoms with Gasteiger partial charge in [0.05, 0.1) is 13.4 Å². The molecule has 0 aromatic heterocycles. The second-order valence-corrected chi connectivity index (χ2v) is 7.76. The maximum absolute atomic E-state index is 11.7. The van der Waals surface area contributed by atoms with Crippen LogP contribution in [0.3, 0.4) is 0 Å². The fourth-order valence-electron chi connectivity index (χ4n) is 2.51. The molecule has 2 unspecified atom stereocenters. The monoisotopic (exact) mass is 306 g/mol. The first-order chi connectivity index (χ1) is 9.25. The zero-order valence-electron chi connectivity index (χ0n) is 12.8. The highest BCUT2D eigenvalue weighted by Crippen LogP contribution is 2.18. The van der Waals surface area contributed by atoms with Gasteiger partial charge in [-0.05, 0) is 24.7 Å². The molecule has 0 aromatic rings. The first kappa shape index (κ1) is 17.4. The van der Waals surface area contributed by atoms with Crippen molar-refractivity contribution in [3.63, 3.8) is 0 Å². The number of carbonyl (C=O) groups is 1. The molecule has 1 aliphatic heterocycles. The van der Waals surface area contributed by atoms with Crippen LogP contribution in [0.25, 0.3) is 0 Å². The molecule has 20 heavy (non-hydrogen) atoms. The van der Waals surface area contributed by atoms with Gasteiger partial charge < -0.3 is 10.1 Å². The van der Waals surface area contributed by atoms with Crippen LogP contribution >= 0.6 is 0 Å². The van der Waals surface area contributed by atoms with Gasteiger partial charge in [-0.2, -0.15) is 0 Å². The molecule has 0 aliphatic carbocycles. The lowest BCUT2D eigenvalue weighted by Crippen LogP contribution is -2.47. The first-order valence-corrected chi connectivity index (χ1v) is 8.87. The fourth-order valence-corrected chi connectivity index (χ4v) is 3.45. The number of hydrogen-bond acceptors (Lipinski definition) is 5. The third-order valence-corrected chi connectivity index (χ3v) is 4.97. The predicted octanol–water partition coefficient (Wildman–Crippen LogP) is 0.445. The Morgan fingerprint density at radius 2 is 2.10 bits per heavy atom. The highest BCUT2D eigenvalue weighted by molar-refractivity contribution is 7.88. The van der Waals surface area contributed by atoms with Gasteiger partial charge in [0.25, 0.3) is 0 Å². The molecule has 0 spiro atoms. The van der Waals surface area contributed by atoms with Gasteiger partial charge in [0.2, 0.25) is 10.0 Å². The minimum Gasteiger partial charge on any atom is -0.468 e. The predicted molar refractivity (Wildman–Crippen MR) is 77.8 cm³/mol. The van der Waals surface area contributed by atoms with Crippen molar-refractivity contribution in [1.29, 1.82) is 0 Å². The van der Waals surface area contributed by atoms with Gasteiger partial charge in [0.15, 0.2) is 0 Å². The Kier molecular flexibility index (Phi) is 6.42. The molecule has 1 heterocycles. The summed E-state index contributed by atoms with van der Waals surface area (Å²) in [7, 11) is -1.74. The number of sulfonamides is 1. The van der Waals surface area contributed by atoms with E-state index in [2.05, 4.69) is 5.32 Å². The fraction of sp³-hybridized carbons (Fsp3) is 0.923. The van der Waals surface area contributed by atoms with Crippen LogP contribution in [0, 0.1) is 11.8 Å². The number of ether oxygens (including phenoxy) is 1. The van der Waals surface area contributed by atoms with E-state index in [1.165, 1.54) is 17.7 Å². The smallest absolute Gasteiger partial charge is 0.323 e. The normalized spacial score (nSPS) is 22.8. The summed E-state index contributed by atoms with van der Waals surface area (Å²) in [5.41, 5.74) is 0. The minimum absolute atomic E-state index is 0.136. The zero-order chi connectivity index (χ0) is 15.3. The van der Waals surface area contributed by atoms with Gasteiger partial charge in [0, 0.05) is 19.6 Å². The SMILES string of the molecule is COC(=O)C(NCC1CCCN(S(C)(=O)=O)C1)C(C)C. The van der Waals surface area contributed by atoms with Gasteiger partial charge in [-0.3, -0.25) is 4.79 Å². The van der Waals surface area contributed by atoms with E-state index in [-0.39, 0.29) is 23.8 Å². The average Bonchev–Trinajstić information content (AvgIpc) is 2.37. The zero-order valence-corrected chi connectivity index (χ0v) is 13.6. The van der Waals surface area contributed by atoms with E-state index < -0.39 is 10.0 Å². The van der Waals surface area contributed by atoms with Gasteiger partial charge in [-0.25, -0.2) is 12.7 Å². The third kappa shape index (κ3) is 5.03. The van der Waals surface area contributed by atoms with Crippen molar-refractivity contribution in [2.75, 3.05) is 33.0 Å². The molecule has 2 atom stereocenters. The Hall–Kier alpha value is -0.660. The molecule has 0 aromatic carbocycles. The molecule has 7 heteroatoms. The molecule has 0 amide bonds. The van der Waals surface area contributed by atoms with E-state index in [4.69, 9.17) is 4.74 Å². The van der Waals surface area contributed by atoms with E-state index in [1.54, 1.807) is 0 Å². The summed E-state index contributed by atoms with van der Waals surface area (Å²) in [5, 5.41) is 3.22. The number of nitrogens with zero attached hydrogens (tertiary/aromatic N) is 1. The standard InChI is InChI=1S/C13H26N2O4S/c1-10(2)12(13(16)19-3)14-8-11-6-5-7-15(9-11)20(4,17)18/h10-12,14H,5-9H2,1-4H3. The van der Waals surface area contributed by atoms with Crippen LogP contribution in [0.15, 0.2) is 0 Å². The number of carbonyl (C=O) groups excluding carboxylic acids is 1. The Morgan fingerprint density at radius 3 is 2.60 bits per heavy atom. The quantitative estimate of drug-likeness (QED) is 0.721. The number of piperidine rings is 1. The van der Waals surface area contributed by atoms with E-state index in [9.17, 15) is 13.2 Å². The molecule has 1 N–H and O–H groups in total. The lowest BCUT2D eigenvalue weighted by molar-refractivity contribution is -0.144. The Bertz CT molecular complexity index is 422. The van der Waals surface area contributed by atoms with Crippen LogP contribution < -0.4 is 5.32 Å². The van der Waals surface area contributed by atoms with Crippen molar-refractivity contribution >= 4 is 16.0 Å². The molecule has 1 aliphatic rings. The molecular weight excluding hydrogens is 280 g/mol. The topological polar surface area (TPSA) is 75.7 Å². The number of methoxy groups -OCH3 is 1. The molecule has 1 fully saturated rings. The maximum Gasteiger partial charge on any atom is 0.323 e. The molecular formula is C13H26N2O4S. The van der Waals surface area contributed by atoms with Crippen LogP contribution in [-0.2, 0) is 19.6 Å². The number of esters is 1. The van der Waals surface area contributed by atoms with E-state index in [0.717, 1.165) is 12.8 Å². The molecule has 0 bridgehead atoms. The summed E-state index contributed by atoms with van der Waals surface area (Å²) in [6.45, 7) is 5.66. The van der Waals surface area contributed by atoms with E-state index in [1.807, 2.05) is 13.8 Å². The van der Waals surface area contributed by atoms with E-state index in [0.29, 0.717) is 19.6 Å². The van der Waals surface area contributed by atoms with Crippen molar-refractivity contribution in [1.82, 2.24) is 9.62 Å². The second-order valence-electron chi connectivity index (χ2n) is 5.78. The van der Waals surface area contributed by atoms with E-state index >= 15 is 0 Å². The summed E-state index contributed by atoms with van der Waals surface area (Å²) >= 11 is 0. The largest absolute Gasteiger partial charge is 0.468 e. The minimum atomic E-state index is -3.12. The summed E-state index contributed by atoms with van der Waals surface area (Å²) in [6, 6.07) is -0.339. The molecule has 6 nitrogen and oxygen atoms in total. The summed E-state index contributed by atoms with van der Waals surface area (Å²) in [6.07, 6.45) is 3.09. The molecule has 1 saturated heterocycles. The highest BCUT2D eigenvalue weighted by Gasteiger charge is 2.28. The lowest BCUT2D eigenvalue weighted by atomic mass is 9.98. The first-order valence-electron chi connectivity index (χ1n) is 7.02. The average molecular weight is 306 g/mol. The van der Waals surface area contributed by atoms with Crippen molar-refractivity contribution < 1.29 is 17.9 Å². The molecule has 1 rings (SSSR count). The van der Waals surface area contributed by atoms with Crippen molar-refractivity contribution in [2.45, 2.75) is 32.7 Å². The number of hydrogen-bond donors (Lipinski definition) is 1. The molecule has 0 radical (unpaired) electrons. The molecule has 0 saturated carbocycles. The lowest BCUT2D eigenvalue weighted by Gasteiger charge is -2.32. The third-order valence-electron chi connectivity index (χ3n) is 3.70. The number of nitrogens with one attached hydrogen (secondary N) is 1. The highest BCUT2D eigenvalue weighted by atomic mass is 32.2. The van der Waals surface area contributed by atoms with Crippen LogP contribution in [0.2, 0.25) is 0 Å². The summed E-state index contributed by atoms with van der Waals surface area (Å²) < 4.78 is 29.4. The van der Waals surface area contributed by atoms with Crippen molar-refractivity contribution in [3.8, 4) is 0 Å². The van der Waals surface area contributed by atoms with Crippen LogP contribution in [0.5, 0.6) is 0 Å². The van der Waals surface area contributed by atoms with Crippen LogP contribution in [-0.4, -0.2) is 57.7 Å². The summed E-state index contributed by atoms with van der Waals surface area (Å²) in [5.74, 6) is 0.109. The number of rotatable bonds is 6. The molecule has 118 valence electrons. The van der Waals surface area contributed by atoms with Gasteiger partial charge >= 0.3 is 5.97 Å². The van der Waals surface area contributed by atoms with Gasteiger partial charge in [0.1, 0.15) is 6.04 Å². The second kappa shape index (κ2) is 7.38. The Morgan fingerprint density at radius 1 is 1.45 bits per heavy atom. The van der Waals surface area contributed by atoms with Crippen LogP contribution in [0.4, 0.5) is 0 Å². The Balaban J connectivity index is 2.53.